The molecule has 2 heterocycles. The largest absolute Gasteiger partial charge is 0.482 e. The molecule has 0 amide bonds. The number of benzene rings is 2. The van der Waals surface area contributed by atoms with E-state index in [9.17, 15) is 4.79 Å². The van der Waals surface area contributed by atoms with E-state index < -0.39 is 12.6 Å². The van der Waals surface area contributed by atoms with Crippen LogP contribution >= 0.6 is 0 Å². The molecule has 0 bridgehead atoms. The number of amidine groups is 1. The Morgan fingerprint density at radius 3 is 2.33 bits per heavy atom. The number of nitrogens with two attached hydrogens (primary N) is 1. The van der Waals surface area contributed by atoms with Crippen molar-refractivity contribution in [2.24, 2.45) is 5.73 Å². The molecule has 9 heteroatoms. The molecule has 0 saturated heterocycles. The normalized spacial score (nSPS) is 11.1. The van der Waals surface area contributed by atoms with E-state index in [1.165, 1.54) is 0 Å². The van der Waals surface area contributed by atoms with Crippen molar-refractivity contribution >= 4 is 33.9 Å². The monoisotopic (exact) mass is 364 g/mol. The third kappa shape index (κ3) is 3.43. The number of hydrogen-bond donors (Lipinski definition) is 5. The number of nitrogens with one attached hydrogen (secondary N) is 3. The van der Waals surface area contributed by atoms with Gasteiger partial charge in [-0.1, -0.05) is 0 Å². The van der Waals surface area contributed by atoms with Gasteiger partial charge in [-0.2, -0.15) is 0 Å². The quantitative estimate of drug-likeness (QED) is 0.259. The van der Waals surface area contributed by atoms with Gasteiger partial charge >= 0.3 is 5.97 Å². The smallest absolute Gasteiger partial charge is 0.341 e. The molecule has 0 spiro atoms. The van der Waals surface area contributed by atoms with E-state index in [2.05, 4.69) is 19.9 Å². The second-order valence-corrected chi connectivity index (χ2v) is 6.05. The number of imidazole rings is 2. The molecule has 2 aromatic heterocycles. The lowest BCUT2D eigenvalue weighted by molar-refractivity contribution is -0.139. The molecule has 0 unspecified atom stereocenters. The topological polar surface area (TPSA) is 154 Å². The first kappa shape index (κ1) is 16.6. The fraction of sp³-hybridized carbons (Fsp3) is 0.111. The van der Waals surface area contributed by atoms with Crippen LogP contribution in [0.2, 0.25) is 0 Å². The summed E-state index contributed by atoms with van der Waals surface area (Å²) in [6.45, 7) is -0.399. The van der Waals surface area contributed by atoms with Crippen LogP contribution in [0, 0.1) is 5.41 Å². The van der Waals surface area contributed by atoms with Gasteiger partial charge in [-0.15, -0.1) is 0 Å². The molecule has 27 heavy (non-hydrogen) atoms. The highest BCUT2D eigenvalue weighted by molar-refractivity contribution is 5.97. The second-order valence-electron chi connectivity index (χ2n) is 6.05. The van der Waals surface area contributed by atoms with Crippen molar-refractivity contribution in [3.8, 4) is 5.75 Å². The van der Waals surface area contributed by atoms with Crippen LogP contribution in [-0.4, -0.2) is 43.5 Å². The summed E-state index contributed by atoms with van der Waals surface area (Å²) in [5.74, 6) is 0.858. The van der Waals surface area contributed by atoms with Crippen molar-refractivity contribution in [2.45, 2.75) is 6.42 Å². The Morgan fingerprint density at radius 2 is 1.70 bits per heavy atom. The van der Waals surface area contributed by atoms with Crippen LogP contribution in [0.1, 0.15) is 17.2 Å². The predicted octanol–water partition coefficient (Wildman–Crippen LogP) is 1.78. The van der Waals surface area contributed by atoms with E-state index in [1.54, 1.807) is 30.3 Å². The van der Waals surface area contributed by atoms with Gasteiger partial charge in [0, 0.05) is 11.6 Å². The van der Waals surface area contributed by atoms with Crippen molar-refractivity contribution in [2.75, 3.05) is 6.61 Å². The summed E-state index contributed by atoms with van der Waals surface area (Å²) in [6.07, 6.45) is 0.462. The molecule has 6 N–H and O–H groups in total. The maximum atomic E-state index is 10.6. The zero-order valence-corrected chi connectivity index (χ0v) is 14.1. The van der Waals surface area contributed by atoms with Gasteiger partial charge in [-0.3, -0.25) is 5.41 Å². The Bertz CT molecular complexity index is 1180. The molecule has 0 aliphatic rings. The van der Waals surface area contributed by atoms with Crippen LogP contribution < -0.4 is 10.5 Å². The van der Waals surface area contributed by atoms with Crippen LogP contribution in [-0.2, 0) is 11.2 Å². The number of nitrogens with zero attached hydrogens (tertiary/aromatic N) is 2. The lowest BCUT2D eigenvalue weighted by Gasteiger charge is -2.01. The molecule has 4 rings (SSSR count). The summed E-state index contributed by atoms with van der Waals surface area (Å²) >= 11 is 0. The molecule has 0 saturated carbocycles. The molecule has 4 aromatic rings. The summed E-state index contributed by atoms with van der Waals surface area (Å²) in [7, 11) is 0. The summed E-state index contributed by atoms with van der Waals surface area (Å²) in [4.78, 5) is 26.1. The van der Waals surface area contributed by atoms with Crippen LogP contribution in [0.15, 0.2) is 36.4 Å². The fourth-order valence-electron chi connectivity index (χ4n) is 2.83. The summed E-state index contributed by atoms with van der Waals surface area (Å²) in [5, 5.41) is 16.2. The van der Waals surface area contributed by atoms with Gasteiger partial charge in [0.2, 0.25) is 0 Å². The maximum absolute atomic E-state index is 10.6. The first-order valence-corrected chi connectivity index (χ1v) is 8.14. The van der Waals surface area contributed by atoms with E-state index in [0.717, 1.165) is 22.4 Å². The molecule has 0 atom stereocenters. The number of aromatic nitrogens is 4. The highest BCUT2D eigenvalue weighted by atomic mass is 16.5. The molecule has 0 fully saturated rings. The number of ether oxygens (including phenoxy) is 1. The van der Waals surface area contributed by atoms with Crippen molar-refractivity contribution in [3.63, 3.8) is 0 Å². The Balaban J connectivity index is 1.58. The highest BCUT2D eigenvalue weighted by Gasteiger charge is 2.10. The van der Waals surface area contributed by atoms with Gasteiger partial charge in [0.1, 0.15) is 23.2 Å². The first-order chi connectivity index (χ1) is 13.0. The Morgan fingerprint density at radius 1 is 1.07 bits per heavy atom. The number of H-pyrrole nitrogens is 2. The standard InChI is InChI=1S/C18H16N6O3/c19-18(20)9-1-3-11-13(5-9)23-15(21-11)7-16-22-12-4-2-10(6-14(12)24-16)27-8-17(25)26/h1-6H,7-8H2,(H3,19,20)(H,21,23)(H,22,24)(H,25,26). The molecular weight excluding hydrogens is 348 g/mol. The van der Waals surface area contributed by atoms with E-state index in [4.69, 9.17) is 21.0 Å². The number of carboxylic acid groups (broad SMARTS) is 1. The molecule has 0 aliphatic carbocycles. The van der Waals surface area contributed by atoms with Crippen molar-refractivity contribution in [3.05, 3.63) is 53.6 Å². The summed E-state index contributed by atoms with van der Waals surface area (Å²) in [5.41, 5.74) is 9.24. The minimum atomic E-state index is -1.03. The SMILES string of the molecule is N=C(N)c1ccc2[nH]c(Cc3nc4cc(OCC(=O)O)ccc4[nH]3)nc2c1. The minimum Gasteiger partial charge on any atom is -0.482 e. The predicted molar refractivity (Wildman–Crippen MR) is 99.1 cm³/mol. The highest BCUT2D eigenvalue weighted by Crippen LogP contribution is 2.21. The number of fused-ring (bicyclic) bond motifs is 2. The third-order valence-corrected chi connectivity index (χ3v) is 4.04. The number of aromatic amines is 2. The van der Waals surface area contributed by atoms with Crippen molar-refractivity contribution in [1.29, 1.82) is 5.41 Å². The van der Waals surface area contributed by atoms with Gasteiger partial charge in [0.05, 0.1) is 28.5 Å². The number of nitrogen functional groups attached to an aromatic ring is 1. The Hall–Kier alpha value is -3.88. The van der Waals surface area contributed by atoms with E-state index in [0.29, 0.717) is 29.1 Å². The minimum absolute atomic E-state index is 0.000319. The van der Waals surface area contributed by atoms with Crippen LogP contribution in [0.25, 0.3) is 22.1 Å². The van der Waals surface area contributed by atoms with E-state index >= 15 is 0 Å². The third-order valence-electron chi connectivity index (χ3n) is 4.04. The number of aliphatic carboxylic acids is 1. The lowest BCUT2D eigenvalue weighted by Crippen LogP contribution is -2.10. The molecule has 136 valence electrons. The second kappa shape index (κ2) is 6.45. The number of carboxylic acids is 1. The van der Waals surface area contributed by atoms with Crippen LogP contribution in [0.5, 0.6) is 5.75 Å². The van der Waals surface area contributed by atoms with Crippen molar-refractivity contribution < 1.29 is 14.6 Å². The number of hydrogen-bond acceptors (Lipinski definition) is 5. The number of carbonyl (C=O) groups is 1. The molecule has 9 nitrogen and oxygen atoms in total. The van der Waals surface area contributed by atoms with Crippen LogP contribution in [0.4, 0.5) is 0 Å². The first-order valence-electron chi connectivity index (χ1n) is 8.14. The van der Waals surface area contributed by atoms with Gasteiger partial charge in [-0.05, 0) is 30.3 Å². The fourth-order valence-corrected chi connectivity index (χ4v) is 2.83. The average molecular weight is 364 g/mol. The summed E-state index contributed by atoms with van der Waals surface area (Å²) < 4.78 is 5.17. The van der Waals surface area contributed by atoms with E-state index in [-0.39, 0.29) is 5.84 Å². The van der Waals surface area contributed by atoms with Gasteiger partial charge in [-0.25, -0.2) is 14.8 Å². The number of rotatable bonds is 6. The molecule has 0 aliphatic heterocycles. The van der Waals surface area contributed by atoms with E-state index in [1.807, 2.05) is 6.07 Å². The Labute approximate surface area is 152 Å². The zero-order valence-electron chi connectivity index (χ0n) is 14.1. The average Bonchev–Trinajstić information content (AvgIpc) is 3.21. The molecule has 2 aromatic carbocycles. The summed E-state index contributed by atoms with van der Waals surface area (Å²) in [6, 6.07) is 10.6. The van der Waals surface area contributed by atoms with Crippen LogP contribution in [0.3, 0.4) is 0 Å². The zero-order chi connectivity index (χ0) is 19.0. The van der Waals surface area contributed by atoms with Crippen molar-refractivity contribution in [1.82, 2.24) is 19.9 Å². The van der Waals surface area contributed by atoms with Gasteiger partial charge in [0.15, 0.2) is 6.61 Å². The molecular formula is C18H16N6O3. The van der Waals surface area contributed by atoms with Gasteiger partial charge in [0.25, 0.3) is 0 Å². The molecule has 0 radical (unpaired) electrons. The lowest BCUT2D eigenvalue weighted by atomic mass is 10.2. The van der Waals surface area contributed by atoms with Gasteiger partial charge < -0.3 is 25.5 Å². The maximum Gasteiger partial charge on any atom is 0.341 e. The Kier molecular flexibility index (Phi) is 3.96.